The van der Waals surface area contributed by atoms with E-state index in [9.17, 15) is 14.0 Å². The normalized spacial score (nSPS) is 12.6. The third kappa shape index (κ3) is 5.04. The number of rotatable bonds is 9. The number of aromatic nitrogens is 3. The van der Waals surface area contributed by atoms with E-state index in [0.29, 0.717) is 47.2 Å². The van der Waals surface area contributed by atoms with E-state index in [1.165, 1.54) is 18.2 Å². The number of carbonyl (C=O) groups is 2. The number of amides is 2. The number of anilines is 5. The molecule has 1 aliphatic rings. The minimum atomic E-state index is -0.902. The van der Waals surface area contributed by atoms with Gasteiger partial charge in [-0.1, -0.05) is 11.1 Å². The first-order valence-corrected chi connectivity index (χ1v) is 12.1. The van der Waals surface area contributed by atoms with Gasteiger partial charge in [0.15, 0.2) is 5.75 Å². The number of fused-ring (bicyclic) bond motifs is 2. The molecule has 202 valence electrons. The summed E-state index contributed by atoms with van der Waals surface area (Å²) in [6.45, 7) is 0.646. The van der Waals surface area contributed by atoms with Crippen molar-refractivity contribution in [2.75, 3.05) is 49.9 Å². The zero-order valence-corrected chi connectivity index (χ0v) is 21.6. The highest BCUT2D eigenvalue weighted by molar-refractivity contribution is 6.01. The summed E-state index contributed by atoms with van der Waals surface area (Å²) < 4.78 is 20.0. The van der Waals surface area contributed by atoms with Gasteiger partial charge in [0.1, 0.15) is 18.0 Å². The van der Waals surface area contributed by atoms with Crippen LogP contribution in [0.2, 0.25) is 0 Å². The molecule has 0 saturated heterocycles. The SMILES string of the molecule is COc1cc2c(cc1Nc1nc(Nc3cccc(F)c3C(N)=O)c3cc[nH]c3[nH+]1)N(C(=O)CN(C)OC)CC2. The molecule has 0 radical (unpaired) electrons. The largest absolute Gasteiger partial charge is 0.493 e. The second-order valence-corrected chi connectivity index (χ2v) is 8.92. The van der Waals surface area contributed by atoms with Gasteiger partial charge >= 0.3 is 5.95 Å². The van der Waals surface area contributed by atoms with Gasteiger partial charge in [-0.2, -0.15) is 5.06 Å². The molecule has 5 rings (SSSR count). The number of likely N-dealkylation sites (N-methyl/N-ethyl adjacent to an activating group) is 1. The van der Waals surface area contributed by atoms with Crippen molar-refractivity contribution in [1.82, 2.24) is 15.0 Å². The molecule has 2 amide bonds. The molecule has 0 atom stereocenters. The fraction of sp³-hybridized carbons (Fsp3) is 0.231. The number of benzene rings is 2. The summed E-state index contributed by atoms with van der Waals surface area (Å²) >= 11 is 0. The van der Waals surface area contributed by atoms with Crippen molar-refractivity contribution in [3.63, 3.8) is 0 Å². The van der Waals surface area contributed by atoms with E-state index < -0.39 is 11.7 Å². The van der Waals surface area contributed by atoms with Gasteiger partial charge in [0.25, 0.3) is 5.91 Å². The molecule has 4 aromatic rings. The Morgan fingerprint density at radius 1 is 1.23 bits per heavy atom. The number of halogens is 1. The van der Waals surface area contributed by atoms with Crippen molar-refractivity contribution in [2.24, 2.45) is 5.73 Å². The lowest BCUT2D eigenvalue weighted by molar-refractivity contribution is -0.333. The number of H-pyrrole nitrogens is 2. The number of nitrogens with zero attached hydrogens (tertiary/aromatic N) is 3. The lowest BCUT2D eigenvalue weighted by Gasteiger charge is -2.21. The van der Waals surface area contributed by atoms with E-state index in [0.717, 1.165) is 17.3 Å². The Morgan fingerprint density at radius 3 is 2.79 bits per heavy atom. The maximum absolute atomic E-state index is 14.4. The van der Waals surface area contributed by atoms with Gasteiger partial charge in [-0.15, -0.1) is 0 Å². The molecule has 12 nitrogen and oxygen atoms in total. The van der Waals surface area contributed by atoms with Crippen LogP contribution in [0.15, 0.2) is 42.6 Å². The fourth-order valence-corrected chi connectivity index (χ4v) is 4.56. The monoisotopic (exact) mass is 535 g/mol. The van der Waals surface area contributed by atoms with Gasteiger partial charge in [-0.05, 0) is 36.2 Å². The Kier molecular flexibility index (Phi) is 7.00. The first-order chi connectivity index (χ1) is 18.8. The number of ether oxygens (including phenoxy) is 1. The Hall–Kier alpha value is -4.75. The molecule has 0 unspecified atom stereocenters. The zero-order chi connectivity index (χ0) is 27.7. The highest BCUT2D eigenvalue weighted by Crippen LogP contribution is 2.38. The van der Waals surface area contributed by atoms with Crippen molar-refractivity contribution in [3.05, 3.63) is 59.5 Å². The minimum Gasteiger partial charge on any atom is -0.493 e. The number of hydrogen-bond donors (Lipinski definition) is 4. The molecular formula is C26H28FN8O4+. The Bertz CT molecular complexity index is 1570. The molecule has 6 N–H and O–H groups in total. The fourth-order valence-electron chi connectivity index (χ4n) is 4.56. The van der Waals surface area contributed by atoms with Crippen LogP contribution >= 0.6 is 0 Å². The van der Waals surface area contributed by atoms with Gasteiger partial charge in [0.05, 0.1) is 36.5 Å². The molecule has 39 heavy (non-hydrogen) atoms. The van der Waals surface area contributed by atoms with Crippen LogP contribution in [0.4, 0.5) is 33.2 Å². The predicted molar refractivity (Wildman–Crippen MR) is 143 cm³/mol. The Balaban J connectivity index is 1.50. The van der Waals surface area contributed by atoms with Crippen LogP contribution < -0.4 is 31.0 Å². The molecule has 2 aromatic heterocycles. The summed E-state index contributed by atoms with van der Waals surface area (Å²) in [6, 6.07) is 9.69. The standard InChI is InChI=1S/C26H27FN8O4/c1-34(39-3)13-21(36)35-10-8-14-11-20(38-2)18(12-19(14)35)31-26-32-24-15(7-9-29-24)25(33-26)30-17-6-4-5-16(27)22(17)23(28)37/h4-7,9,11-12H,8,10,13H2,1-3H3,(H2,28,37)(H3,29,30,31,32,33)/p+1. The van der Waals surface area contributed by atoms with Gasteiger partial charge in [0, 0.05) is 25.9 Å². The van der Waals surface area contributed by atoms with Gasteiger partial charge < -0.3 is 25.5 Å². The quantitative estimate of drug-likeness (QED) is 0.239. The summed E-state index contributed by atoms with van der Waals surface area (Å²) in [5, 5.41) is 8.39. The molecule has 0 spiro atoms. The number of nitrogens with two attached hydrogens (primary N) is 1. The molecule has 0 aliphatic carbocycles. The molecule has 1 aliphatic heterocycles. The summed E-state index contributed by atoms with van der Waals surface area (Å²) in [4.78, 5) is 42.5. The lowest BCUT2D eigenvalue weighted by Crippen LogP contribution is -2.37. The summed E-state index contributed by atoms with van der Waals surface area (Å²) in [5.74, 6) is -0.511. The van der Waals surface area contributed by atoms with Gasteiger partial charge in [-0.25, -0.2) is 9.37 Å². The minimum absolute atomic E-state index is 0.0986. The van der Waals surface area contributed by atoms with E-state index in [-0.39, 0.29) is 23.7 Å². The topological polar surface area (TPSA) is 152 Å². The predicted octanol–water partition coefficient (Wildman–Crippen LogP) is 2.49. The molecule has 0 bridgehead atoms. The van der Waals surface area contributed by atoms with E-state index in [4.69, 9.17) is 15.3 Å². The Labute approximate surface area is 222 Å². The van der Waals surface area contributed by atoms with E-state index in [1.54, 1.807) is 37.4 Å². The number of hydroxylamine groups is 2. The number of hydrogen-bond acceptors (Lipinski definition) is 8. The molecule has 0 fully saturated rings. The third-order valence-electron chi connectivity index (χ3n) is 6.50. The number of nitrogens with one attached hydrogen (secondary N) is 4. The third-order valence-corrected chi connectivity index (χ3v) is 6.50. The highest BCUT2D eigenvalue weighted by atomic mass is 19.1. The maximum Gasteiger partial charge on any atom is 0.351 e. The van der Waals surface area contributed by atoms with Crippen molar-refractivity contribution >= 4 is 51.7 Å². The first kappa shape index (κ1) is 25.9. The van der Waals surface area contributed by atoms with E-state index in [2.05, 4.69) is 25.6 Å². The Morgan fingerprint density at radius 2 is 2.05 bits per heavy atom. The van der Waals surface area contributed by atoms with Crippen molar-refractivity contribution in [2.45, 2.75) is 6.42 Å². The average Bonchev–Trinajstić information content (AvgIpc) is 3.55. The molecule has 3 heterocycles. The second-order valence-electron chi connectivity index (χ2n) is 8.92. The van der Waals surface area contributed by atoms with E-state index >= 15 is 0 Å². The molecule has 13 heteroatoms. The van der Waals surface area contributed by atoms with E-state index in [1.807, 2.05) is 12.1 Å². The summed E-state index contributed by atoms with van der Waals surface area (Å²) in [5.41, 5.74) is 8.26. The second kappa shape index (κ2) is 10.6. The highest BCUT2D eigenvalue weighted by Gasteiger charge is 2.28. The van der Waals surface area contributed by atoms with Gasteiger partial charge in [-0.3, -0.25) is 19.9 Å². The van der Waals surface area contributed by atoms with Crippen LogP contribution in [0, 0.1) is 5.82 Å². The van der Waals surface area contributed by atoms with Crippen LogP contribution in [0.1, 0.15) is 15.9 Å². The summed E-state index contributed by atoms with van der Waals surface area (Å²) in [6.07, 6.45) is 2.41. The maximum atomic E-state index is 14.4. The zero-order valence-electron chi connectivity index (χ0n) is 21.6. The van der Waals surface area contributed by atoms with Crippen molar-refractivity contribution in [3.8, 4) is 5.75 Å². The lowest BCUT2D eigenvalue weighted by atomic mass is 10.1. The molecular weight excluding hydrogens is 507 g/mol. The smallest absolute Gasteiger partial charge is 0.351 e. The van der Waals surface area contributed by atoms with Crippen molar-refractivity contribution in [1.29, 1.82) is 0 Å². The molecule has 2 aromatic carbocycles. The van der Waals surface area contributed by atoms with Crippen LogP contribution in [-0.2, 0) is 16.1 Å². The van der Waals surface area contributed by atoms with Crippen molar-refractivity contribution < 1.29 is 28.5 Å². The van der Waals surface area contributed by atoms with Crippen LogP contribution in [0.25, 0.3) is 11.0 Å². The number of primary amides is 1. The van der Waals surface area contributed by atoms with Crippen LogP contribution in [-0.4, -0.2) is 61.2 Å². The number of methoxy groups -OCH3 is 1. The number of carbonyl (C=O) groups excluding carboxylic acids is 2. The average molecular weight is 536 g/mol. The van der Waals surface area contributed by atoms with Gasteiger partial charge in [0.2, 0.25) is 17.4 Å². The van der Waals surface area contributed by atoms with Crippen LogP contribution in [0.5, 0.6) is 5.75 Å². The molecule has 0 saturated carbocycles. The first-order valence-electron chi connectivity index (χ1n) is 12.1. The summed E-state index contributed by atoms with van der Waals surface area (Å²) in [7, 11) is 4.76. The van der Waals surface area contributed by atoms with Crippen LogP contribution in [0.3, 0.4) is 0 Å². The number of aromatic amines is 2.